The predicted octanol–water partition coefficient (Wildman–Crippen LogP) is 3.97. The van der Waals surface area contributed by atoms with Gasteiger partial charge in [0.25, 0.3) is 0 Å². The van der Waals surface area contributed by atoms with Crippen molar-refractivity contribution in [2.45, 2.75) is 26.5 Å². The molecule has 0 saturated heterocycles. The first-order chi connectivity index (χ1) is 14.4. The van der Waals surface area contributed by atoms with Gasteiger partial charge in [-0.2, -0.15) is 0 Å². The van der Waals surface area contributed by atoms with Gasteiger partial charge >= 0.3 is 5.97 Å². The minimum Gasteiger partial charge on any atom is -0.486 e. The summed E-state index contributed by atoms with van der Waals surface area (Å²) in [5.41, 5.74) is 2.43. The molecule has 0 bridgehead atoms. The van der Waals surface area contributed by atoms with Gasteiger partial charge in [0.05, 0.1) is 11.6 Å². The first kappa shape index (κ1) is 20.1. The third kappa shape index (κ3) is 4.07. The van der Waals surface area contributed by atoms with Crippen molar-refractivity contribution >= 4 is 23.4 Å². The van der Waals surface area contributed by atoms with E-state index >= 15 is 0 Å². The summed E-state index contributed by atoms with van der Waals surface area (Å²) in [6.45, 7) is 4.41. The van der Waals surface area contributed by atoms with E-state index in [1.165, 1.54) is 12.3 Å². The molecule has 156 valence electrons. The monoisotopic (exact) mass is 428 g/mol. The van der Waals surface area contributed by atoms with Crippen molar-refractivity contribution in [3.63, 3.8) is 0 Å². The van der Waals surface area contributed by atoms with Crippen LogP contribution in [0.5, 0.6) is 11.5 Å². The number of H-pyrrole nitrogens is 1. The van der Waals surface area contributed by atoms with E-state index in [2.05, 4.69) is 4.98 Å². The van der Waals surface area contributed by atoms with E-state index < -0.39 is 5.97 Å². The maximum atomic E-state index is 12.6. The lowest BCUT2D eigenvalue weighted by Crippen LogP contribution is -2.33. The van der Waals surface area contributed by atoms with Gasteiger partial charge in [-0.1, -0.05) is 23.7 Å². The molecular formula is C22H21ClN2O5. The summed E-state index contributed by atoms with van der Waals surface area (Å²) in [7, 11) is 0. The van der Waals surface area contributed by atoms with Crippen molar-refractivity contribution in [1.82, 2.24) is 9.55 Å². The third-order valence-corrected chi connectivity index (χ3v) is 5.25. The molecule has 1 aromatic carbocycles. The van der Waals surface area contributed by atoms with Crippen molar-refractivity contribution in [2.75, 3.05) is 13.2 Å². The van der Waals surface area contributed by atoms with Crippen molar-refractivity contribution in [1.29, 1.82) is 0 Å². The molecular weight excluding hydrogens is 408 g/mol. The fourth-order valence-corrected chi connectivity index (χ4v) is 3.66. The van der Waals surface area contributed by atoms with Crippen LogP contribution in [-0.2, 0) is 11.3 Å². The molecule has 0 saturated carbocycles. The average molecular weight is 429 g/mol. The molecule has 2 aromatic heterocycles. The number of Topliss-reactive ketones (excluding diaryl/α,β-unsaturated/α-hetero) is 1. The minimum absolute atomic E-state index is 0.178. The number of nitrogens with one attached hydrogen (secondary N) is 1. The van der Waals surface area contributed by atoms with Gasteiger partial charge in [-0.15, -0.1) is 0 Å². The van der Waals surface area contributed by atoms with Gasteiger partial charge in [-0.3, -0.25) is 4.79 Å². The Morgan fingerprint density at radius 2 is 2.00 bits per heavy atom. The van der Waals surface area contributed by atoms with Gasteiger partial charge in [-0.05, 0) is 38.1 Å². The van der Waals surface area contributed by atoms with Gasteiger partial charge in [0.15, 0.2) is 24.2 Å². The summed E-state index contributed by atoms with van der Waals surface area (Å²) in [5.74, 6) is 0.543. The van der Waals surface area contributed by atoms with Crippen LogP contribution in [0, 0.1) is 13.8 Å². The average Bonchev–Trinajstić information content (AvgIpc) is 3.30. The lowest BCUT2D eigenvalue weighted by molar-refractivity contribution is 0.0469. The molecule has 1 atom stereocenters. The first-order valence-corrected chi connectivity index (χ1v) is 9.89. The Kier molecular flexibility index (Phi) is 5.55. The van der Waals surface area contributed by atoms with Gasteiger partial charge < -0.3 is 23.8 Å². The highest BCUT2D eigenvalue weighted by Gasteiger charge is 2.24. The summed E-state index contributed by atoms with van der Waals surface area (Å²) in [5, 5.41) is 0.397. The summed E-state index contributed by atoms with van der Waals surface area (Å²) in [6.07, 6.45) is 1.30. The molecule has 1 unspecified atom stereocenters. The number of fused-ring (bicyclic) bond motifs is 1. The number of carbonyl (C=O) groups is 2. The Bertz CT molecular complexity index is 1100. The maximum absolute atomic E-state index is 12.6. The van der Waals surface area contributed by atoms with E-state index in [1.807, 2.05) is 42.7 Å². The van der Waals surface area contributed by atoms with Gasteiger partial charge in [0.1, 0.15) is 12.3 Å². The number of ketones is 1. The highest BCUT2D eigenvalue weighted by Crippen LogP contribution is 2.31. The molecule has 1 aliphatic rings. The molecule has 0 spiro atoms. The largest absolute Gasteiger partial charge is 0.486 e. The van der Waals surface area contributed by atoms with Crippen molar-refractivity contribution in [3.8, 4) is 11.5 Å². The number of benzene rings is 1. The van der Waals surface area contributed by atoms with Crippen LogP contribution in [-0.4, -0.2) is 40.6 Å². The quantitative estimate of drug-likeness (QED) is 0.474. The van der Waals surface area contributed by atoms with Crippen LogP contribution in [0.1, 0.15) is 32.2 Å². The molecule has 7 nitrogen and oxygen atoms in total. The Balaban J connectivity index is 1.42. The Labute approximate surface area is 178 Å². The molecule has 0 aliphatic carbocycles. The van der Waals surface area contributed by atoms with Crippen LogP contribution in [0.4, 0.5) is 0 Å². The zero-order valence-electron chi connectivity index (χ0n) is 16.6. The standard InChI is InChI=1S/C22H21ClN2O5/c1-13-7-17(19(26)12-29-22(27)18-8-15(23)9-24-18)14(2)25(13)10-16-11-28-20-5-3-4-6-21(20)30-16/h3-9,16,24H,10-12H2,1-2H3. The molecule has 3 heterocycles. The maximum Gasteiger partial charge on any atom is 0.355 e. The van der Waals surface area contributed by atoms with Crippen LogP contribution >= 0.6 is 11.6 Å². The number of carbonyl (C=O) groups excluding carboxylic acids is 2. The number of esters is 1. The second-order valence-corrected chi connectivity index (χ2v) is 7.56. The summed E-state index contributed by atoms with van der Waals surface area (Å²) in [6, 6.07) is 10.8. The van der Waals surface area contributed by atoms with Gasteiger partial charge in [-0.25, -0.2) is 4.79 Å². The topological polar surface area (TPSA) is 82.6 Å². The van der Waals surface area contributed by atoms with Gasteiger partial charge in [0, 0.05) is 23.1 Å². The normalized spacial score (nSPS) is 15.1. The number of para-hydroxylation sites is 2. The zero-order chi connectivity index (χ0) is 21.3. The number of hydrogen-bond donors (Lipinski definition) is 1. The molecule has 8 heteroatoms. The van der Waals surface area contributed by atoms with Crippen LogP contribution < -0.4 is 9.47 Å². The molecule has 4 rings (SSSR count). The number of hydrogen-bond acceptors (Lipinski definition) is 5. The zero-order valence-corrected chi connectivity index (χ0v) is 17.4. The number of rotatable bonds is 6. The van der Waals surface area contributed by atoms with E-state index in [4.69, 9.17) is 25.8 Å². The van der Waals surface area contributed by atoms with Crippen LogP contribution in [0.25, 0.3) is 0 Å². The van der Waals surface area contributed by atoms with Crippen LogP contribution in [0.3, 0.4) is 0 Å². The lowest BCUT2D eigenvalue weighted by atomic mass is 10.1. The number of ether oxygens (including phenoxy) is 3. The molecule has 3 aromatic rings. The Hall–Kier alpha value is -3.19. The van der Waals surface area contributed by atoms with Crippen molar-refractivity contribution in [2.24, 2.45) is 0 Å². The molecule has 1 N–H and O–H groups in total. The molecule has 0 radical (unpaired) electrons. The fourth-order valence-electron chi connectivity index (χ4n) is 3.49. The van der Waals surface area contributed by atoms with E-state index in [0.717, 1.165) is 17.1 Å². The van der Waals surface area contributed by atoms with Crippen LogP contribution in [0.15, 0.2) is 42.6 Å². The number of aryl methyl sites for hydroxylation is 1. The Morgan fingerprint density at radius 1 is 1.23 bits per heavy atom. The van der Waals surface area contributed by atoms with Gasteiger partial charge in [0.2, 0.25) is 5.78 Å². The predicted molar refractivity (Wildman–Crippen MR) is 111 cm³/mol. The highest BCUT2D eigenvalue weighted by molar-refractivity contribution is 6.30. The van der Waals surface area contributed by atoms with E-state index in [1.54, 1.807) is 6.07 Å². The Morgan fingerprint density at radius 3 is 2.73 bits per heavy atom. The number of nitrogens with zero attached hydrogens (tertiary/aromatic N) is 1. The van der Waals surface area contributed by atoms with E-state index in [-0.39, 0.29) is 24.2 Å². The fraction of sp³-hybridized carbons (Fsp3) is 0.273. The second kappa shape index (κ2) is 8.28. The first-order valence-electron chi connectivity index (χ1n) is 9.52. The summed E-state index contributed by atoms with van der Waals surface area (Å²) in [4.78, 5) is 27.4. The molecule has 30 heavy (non-hydrogen) atoms. The number of halogens is 1. The number of aromatic nitrogens is 2. The molecule has 0 amide bonds. The third-order valence-electron chi connectivity index (χ3n) is 5.03. The smallest absolute Gasteiger partial charge is 0.355 e. The van der Waals surface area contributed by atoms with Crippen molar-refractivity contribution < 1.29 is 23.8 Å². The highest BCUT2D eigenvalue weighted by atomic mass is 35.5. The molecule has 1 aliphatic heterocycles. The van der Waals surface area contributed by atoms with E-state index in [0.29, 0.717) is 29.5 Å². The van der Waals surface area contributed by atoms with Crippen LogP contribution in [0.2, 0.25) is 5.02 Å². The summed E-state index contributed by atoms with van der Waals surface area (Å²) >= 11 is 5.78. The number of aromatic amines is 1. The minimum atomic E-state index is -0.629. The second-order valence-electron chi connectivity index (χ2n) is 7.12. The molecule has 0 fully saturated rings. The van der Waals surface area contributed by atoms with Crippen molar-refractivity contribution in [3.05, 3.63) is 70.3 Å². The SMILES string of the molecule is Cc1cc(C(=O)COC(=O)c2cc(Cl)c[nH]2)c(C)n1CC1COc2ccccc2O1. The summed E-state index contributed by atoms with van der Waals surface area (Å²) < 4.78 is 18.9. The lowest BCUT2D eigenvalue weighted by Gasteiger charge is -2.27. The van der Waals surface area contributed by atoms with E-state index in [9.17, 15) is 9.59 Å².